The summed E-state index contributed by atoms with van der Waals surface area (Å²) in [5.74, 6) is 0.459. The molecule has 2 heterocycles. The summed E-state index contributed by atoms with van der Waals surface area (Å²) in [6.07, 6.45) is 3.61. The van der Waals surface area contributed by atoms with Gasteiger partial charge in [-0.2, -0.15) is 0 Å². The van der Waals surface area contributed by atoms with Gasteiger partial charge in [0.05, 0.1) is 19.4 Å². The second kappa shape index (κ2) is 5.57. The number of nitrogens with zero attached hydrogens (tertiary/aromatic N) is 2. The van der Waals surface area contributed by atoms with Crippen molar-refractivity contribution < 1.29 is 14.3 Å². The number of fused-ring (bicyclic) bond motifs is 1. The summed E-state index contributed by atoms with van der Waals surface area (Å²) in [5.41, 5.74) is 1.76. The fourth-order valence-corrected chi connectivity index (χ4v) is 2.96. The van der Waals surface area contributed by atoms with E-state index in [1.807, 2.05) is 41.8 Å². The number of ether oxygens (including phenoxy) is 2. The minimum atomic E-state index is -0.346. The largest absolute Gasteiger partial charge is 0.493 e. The molecule has 0 N–H and O–H groups in total. The Hall–Kier alpha value is -2.34. The Morgan fingerprint density at radius 3 is 2.86 bits per heavy atom. The fraction of sp³-hybridized carbons (Fsp3) is 0.200. The molecule has 0 fully saturated rings. The lowest BCUT2D eigenvalue weighted by Crippen LogP contribution is -1.97. The highest BCUT2D eigenvalue weighted by Gasteiger charge is 2.15. The van der Waals surface area contributed by atoms with E-state index in [2.05, 4.69) is 4.98 Å². The summed E-state index contributed by atoms with van der Waals surface area (Å²) < 4.78 is 12.2. The van der Waals surface area contributed by atoms with Crippen LogP contribution in [0.3, 0.4) is 0 Å². The minimum Gasteiger partial charge on any atom is -0.493 e. The van der Waals surface area contributed by atoms with E-state index >= 15 is 0 Å². The second-order valence-electron chi connectivity index (χ2n) is 4.33. The van der Waals surface area contributed by atoms with Crippen LogP contribution in [0.4, 0.5) is 0 Å². The van der Waals surface area contributed by atoms with Crippen molar-refractivity contribution in [3.63, 3.8) is 0 Å². The first-order chi connectivity index (χ1) is 10.2. The number of esters is 1. The van der Waals surface area contributed by atoms with Gasteiger partial charge in [-0.25, -0.2) is 9.78 Å². The minimum absolute atomic E-state index is 0.346. The molecular formula is C15H14N2O3S. The molecule has 1 aromatic carbocycles. The normalized spacial score (nSPS) is 10.8. The molecule has 0 spiro atoms. The molecule has 0 bridgehead atoms. The summed E-state index contributed by atoms with van der Waals surface area (Å²) in [6.45, 7) is 2.55. The van der Waals surface area contributed by atoms with Crippen LogP contribution in [0.1, 0.15) is 16.6 Å². The lowest BCUT2D eigenvalue weighted by Gasteiger charge is -2.07. The Labute approximate surface area is 125 Å². The van der Waals surface area contributed by atoms with Crippen LogP contribution in [0.25, 0.3) is 16.2 Å². The maximum absolute atomic E-state index is 11.5. The van der Waals surface area contributed by atoms with Gasteiger partial charge in [-0.1, -0.05) is 23.5 Å². The molecule has 6 heteroatoms. The molecule has 0 radical (unpaired) electrons. The number of hydrogen-bond acceptors (Lipinski definition) is 5. The zero-order valence-electron chi connectivity index (χ0n) is 11.7. The van der Waals surface area contributed by atoms with E-state index in [1.165, 1.54) is 18.4 Å². The summed E-state index contributed by atoms with van der Waals surface area (Å²) in [6, 6.07) is 7.78. The van der Waals surface area contributed by atoms with Crippen LogP contribution in [0.2, 0.25) is 0 Å². The number of benzene rings is 1. The van der Waals surface area contributed by atoms with Gasteiger partial charge < -0.3 is 9.47 Å². The van der Waals surface area contributed by atoms with Crippen LogP contribution >= 0.6 is 11.3 Å². The number of methoxy groups -OCH3 is 1. The van der Waals surface area contributed by atoms with Crippen LogP contribution in [-0.2, 0) is 4.74 Å². The van der Waals surface area contributed by atoms with E-state index in [0.717, 1.165) is 22.0 Å². The molecule has 0 unspecified atom stereocenters. The van der Waals surface area contributed by atoms with Crippen molar-refractivity contribution in [2.24, 2.45) is 0 Å². The maximum Gasteiger partial charge on any atom is 0.349 e. The van der Waals surface area contributed by atoms with Gasteiger partial charge in [0.25, 0.3) is 0 Å². The number of rotatable bonds is 4. The van der Waals surface area contributed by atoms with E-state index < -0.39 is 0 Å². The zero-order chi connectivity index (χ0) is 14.8. The van der Waals surface area contributed by atoms with Crippen molar-refractivity contribution in [2.45, 2.75) is 6.92 Å². The Morgan fingerprint density at radius 1 is 1.33 bits per heavy atom. The van der Waals surface area contributed by atoms with Crippen molar-refractivity contribution in [1.82, 2.24) is 9.38 Å². The highest BCUT2D eigenvalue weighted by molar-refractivity contribution is 7.18. The third-order valence-electron chi connectivity index (χ3n) is 3.01. The standard InChI is InChI=1S/C15H14N2O3S/c1-3-20-12-7-5-4-6-10(12)11-8-17-9-13(14(18)19-2)21-15(17)16-11/h4-9H,3H2,1-2H3. The first kappa shape index (κ1) is 13.6. The van der Waals surface area contributed by atoms with Gasteiger partial charge >= 0.3 is 5.97 Å². The number of thiazole rings is 1. The Kier molecular flexibility index (Phi) is 3.62. The Balaban J connectivity index is 2.02. The van der Waals surface area contributed by atoms with Gasteiger partial charge in [0.2, 0.25) is 0 Å². The highest BCUT2D eigenvalue weighted by Crippen LogP contribution is 2.31. The van der Waals surface area contributed by atoms with Gasteiger partial charge in [-0.3, -0.25) is 4.40 Å². The number of para-hydroxylation sites is 1. The summed E-state index contributed by atoms with van der Waals surface area (Å²) in [5, 5.41) is 0. The smallest absolute Gasteiger partial charge is 0.349 e. The molecule has 0 atom stereocenters. The van der Waals surface area contributed by atoms with Gasteiger partial charge in [-0.15, -0.1) is 0 Å². The molecule has 108 valence electrons. The van der Waals surface area contributed by atoms with E-state index in [0.29, 0.717) is 11.5 Å². The van der Waals surface area contributed by atoms with E-state index in [1.54, 1.807) is 6.20 Å². The molecule has 0 aliphatic rings. The van der Waals surface area contributed by atoms with E-state index in [-0.39, 0.29) is 5.97 Å². The highest BCUT2D eigenvalue weighted by atomic mass is 32.1. The Bertz CT molecular complexity index is 760. The van der Waals surface area contributed by atoms with Crippen molar-refractivity contribution in [1.29, 1.82) is 0 Å². The molecule has 0 saturated heterocycles. The number of carbonyl (C=O) groups excluding carboxylic acids is 1. The average Bonchev–Trinajstić information content (AvgIpc) is 3.06. The number of aromatic nitrogens is 2. The van der Waals surface area contributed by atoms with Gasteiger partial charge in [-0.05, 0) is 19.1 Å². The molecule has 0 aliphatic heterocycles. The predicted molar refractivity (Wildman–Crippen MR) is 81.0 cm³/mol. The van der Waals surface area contributed by atoms with Crippen LogP contribution in [-0.4, -0.2) is 29.1 Å². The predicted octanol–water partition coefficient (Wildman–Crippen LogP) is 3.25. The molecule has 2 aromatic heterocycles. The van der Waals surface area contributed by atoms with Gasteiger partial charge in [0, 0.05) is 18.0 Å². The lowest BCUT2D eigenvalue weighted by molar-refractivity contribution is 0.0606. The third-order valence-corrected chi connectivity index (χ3v) is 3.98. The molecule has 21 heavy (non-hydrogen) atoms. The molecule has 3 aromatic rings. The molecule has 3 rings (SSSR count). The quantitative estimate of drug-likeness (QED) is 0.694. The topological polar surface area (TPSA) is 52.8 Å². The number of hydrogen-bond donors (Lipinski definition) is 0. The lowest BCUT2D eigenvalue weighted by atomic mass is 10.1. The van der Waals surface area contributed by atoms with Gasteiger partial charge in [0.1, 0.15) is 10.6 Å². The molecule has 0 saturated carbocycles. The summed E-state index contributed by atoms with van der Waals surface area (Å²) in [7, 11) is 1.37. The SMILES string of the molecule is CCOc1ccccc1-c1cn2cc(C(=O)OC)sc2n1. The van der Waals surface area contributed by atoms with Crippen LogP contribution < -0.4 is 4.74 Å². The number of imidazole rings is 1. The number of carbonyl (C=O) groups is 1. The third kappa shape index (κ3) is 2.50. The summed E-state index contributed by atoms with van der Waals surface area (Å²) >= 11 is 1.30. The fourth-order valence-electron chi connectivity index (χ4n) is 2.08. The molecule has 0 amide bonds. The molecule has 0 aliphatic carbocycles. The summed E-state index contributed by atoms with van der Waals surface area (Å²) in [4.78, 5) is 17.3. The van der Waals surface area contributed by atoms with Crippen LogP contribution in [0.5, 0.6) is 5.75 Å². The van der Waals surface area contributed by atoms with Crippen molar-refractivity contribution in [3.05, 3.63) is 41.5 Å². The zero-order valence-corrected chi connectivity index (χ0v) is 12.5. The van der Waals surface area contributed by atoms with E-state index in [4.69, 9.17) is 9.47 Å². The van der Waals surface area contributed by atoms with Crippen LogP contribution in [0.15, 0.2) is 36.7 Å². The molecule has 5 nitrogen and oxygen atoms in total. The van der Waals surface area contributed by atoms with Crippen molar-refractivity contribution in [3.8, 4) is 17.0 Å². The van der Waals surface area contributed by atoms with Gasteiger partial charge in [0.15, 0.2) is 4.96 Å². The average molecular weight is 302 g/mol. The van der Waals surface area contributed by atoms with Crippen molar-refractivity contribution in [2.75, 3.05) is 13.7 Å². The van der Waals surface area contributed by atoms with Crippen molar-refractivity contribution >= 4 is 22.3 Å². The monoisotopic (exact) mass is 302 g/mol. The van der Waals surface area contributed by atoms with E-state index in [9.17, 15) is 4.79 Å². The Morgan fingerprint density at radius 2 is 2.14 bits per heavy atom. The first-order valence-electron chi connectivity index (χ1n) is 6.52. The van der Waals surface area contributed by atoms with Crippen LogP contribution in [0, 0.1) is 0 Å². The maximum atomic E-state index is 11.5. The second-order valence-corrected chi connectivity index (χ2v) is 5.34. The molecular weight excluding hydrogens is 288 g/mol. The first-order valence-corrected chi connectivity index (χ1v) is 7.33.